The Morgan fingerprint density at radius 1 is 1.33 bits per heavy atom. The molecular formula is C22H27ClN2O2. The van der Waals surface area contributed by atoms with Crippen molar-refractivity contribution in [2.24, 2.45) is 4.99 Å². The van der Waals surface area contributed by atoms with Gasteiger partial charge in [0.15, 0.2) is 0 Å². The number of phenolic OH excluding ortho intramolecular Hbond substituents is 1. The first-order valence-corrected chi connectivity index (χ1v) is 9.66. The van der Waals surface area contributed by atoms with Gasteiger partial charge in [0.25, 0.3) is 0 Å². The third kappa shape index (κ3) is 3.77. The van der Waals surface area contributed by atoms with Crippen LogP contribution in [0.2, 0.25) is 5.02 Å². The monoisotopic (exact) mass is 386 g/mol. The molecule has 0 bridgehead atoms. The van der Waals surface area contributed by atoms with E-state index in [2.05, 4.69) is 49.7 Å². The number of aliphatic imine (C=N–C) groups is 1. The highest BCUT2D eigenvalue weighted by Crippen LogP contribution is 2.45. The molecule has 1 aliphatic rings. The smallest absolute Gasteiger partial charge is 0.142 e. The Labute approximate surface area is 166 Å². The van der Waals surface area contributed by atoms with E-state index >= 15 is 0 Å². The van der Waals surface area contributed by atoms with Crippen molar-refractivity contribution in [1.82, 2.24) is 0 Å². The number of aromatic hydroxyl groups is 1. The third-order valence-electron chi connectivity index (χ3n) is 5.33. The second-order valence-corrected chi connectivity index (χ2v) is 8.14. The van der Waals surface area contributed by atoms with Crippen LogP contribution in [-0.4, -0.2) is 30.5 Å². The van der Waals surface area contributed by atoms with Gasteiger partial charge in [0.1, 0.15) is 17.2 Å². The molecule has 0 radical (unpaired) electrons. The molecule has 2 aromatic carbocycles. The van der Waals surface area contributed by atoms with E-state index in [0.29, 0.717) is 16.6 Å². The number of fused-ring (bicyclic) bond motifs is 1. The van der Waals surface area contributed by atoms with Crippen LogP contribution in [0.5, 0.6) is 11.5 Å². The molecule has 0 saturated carbocycles. The van der Waals surface area contributed by atoms with Crippen LogP contribution in [0.15, 0.2) is 35.3 Å². The minimum Gasteiger partial charge on any atom is -0.506 e. The molecule has 0 spiro atoms. The Bertz CT molecular complexity index is 877. The van der Waals surface area contributed by atoms with Gasteiger partial charge in [0, 0.05) is 46.7 Å². The van der Waals surface area contributed by atoms with E-state index in [1.165, 1.54) is 17.3 Å². The van der Waals surface area contributed by atoms with Crippen molar-refractivity contribution in [3.8, 4) is 11.5 Å². The van der Waals surface area contributed by atoms with Crippen LogP contribution < -0.4 is 9.64 Å². The molecule has 0 amide bonds. The molecule has 1 atom stereocenters. The molecule has 4 nitrogen and oxygen atoms in total. The SMILES string of the molecule is CCN1c2cc(OC)c(C=Nc3ccc(Cl)cc3O)cc2C(C)CC1(C)C. The lowest BCUT2D eigenvalue weighted by molar-refractivity contribution is 0.377. The molecule has 1 heterocycles. The fraction of sp³-hybridized carbons (Fsp3) is 0.409. The molecule has 27 heavy (non-hydrogen) atoms. The summed E-state index contributed by atoms with van der Waals surface area (Å²) < 4.78 is 5.64. The summed E-state index contributed by atoms with van der Waals surface area (Å²) in [4.78, 5) is 6.88. The summed E-state index contributed by atoms with van der Waals surface area (Å²) in [5.41, 5.74) is 4.01. The first-order valence-electron chi connectivity index (χ1n) is 9.29. The van der Waals surface area contributed by atoms with E-state index in [0.717, 1.165) is 24.3 Å². The van der Waals surface area contributed by atoms with Crippen molar-refractivity contribution >= 4 is 29.2 Å². The number of nitrogens with zero attached hydrogens (tertiary/aromatic N) is 2. The molecule has 0 saturated heterocycles. The Balaban J connectivity index is 2.05. The number of methoxy groups -OCH3 is 1. The highest BCUT2D eigenvalue weighted by Gasteiger charge is 2.36. The van der Waals surface area contributed by atoms with Crippen LogP contribution in [0.25, 0.3) is 0 Å². The zero-order valence-corrected chi connectivity index (χ0v) is 17.3. The lowest BCUT2D eigenvalue weighted by Crippen LogP contribution is -2.48. The van der Waals surface area contributed by atoms with Crippen molar-refractivity contribution in [1.29, 1.82) is 0 Å². The van der Waals surface area contributed by atoms with Crippen LogP contribution >= 0.6 is 11.6 Å². The summed E-state index contributed by atoms with van der Waals surface area (Å²) in [5, 5.41) is 10.5. The van der Waals surface area contributed by atoms with Crippen molar-refractivity contribution in [2.75, 3.05) is 18.6 Å². The fourth-order valence-electron chi connectivity index (χ4n) is 4.15. The predicted octanol–water partition coefficient (Wildman–Crippen LogP) is 5.92. The lowest BCUT2D eigenvalue weighted by Gasteiger charge is -2.47. The Morgan fingerprint density at radius 3 is 2.70 bits per heavy atom. The normalized spacial score (nSPS) is 18.6. The van der Waals surface area contributed by atoms with Gasteiger partial charge < -0.3 is 14.7 Å². The van der Waals surface area contributed by atoms with E-state index in [-0.39, 0.29) is 11.3 Å². The minimum absolute atomic E-state index is 0.0583. The summed E-state index contributed by atoms with van der Waals surface area (Å²) in [6.45, 7) is 9.99. The third-order valence-corrected chi connectivity index (χ3v) is 5.57. The standard InChI is InChI=1S/C22H27ClN2O2/c1-6-25-19-11-21(27-5)15(9-17(19)14(2)12-22(25,3)4)13-24-18-8-7-16(23)10-20(18)26/h7-11,13-14,26H,6,12H2,1-5H3. The number of ether oxygens (including phenoxy) is 1. The van der Waals surface area contributed by atoms with Gasteiger partial charge in [-0.15, -0.1) is 0 Å². The van der Waals surface area contributed by atoms with E-state index in [1.807, 2.05) is 0 Å². The molecule has 2 aromatic rings. The van der Waals surface area contributed by atoms with Crippen molar-refractivity contribution in [3.63, 3.8) is 0 Å². The number of halogens is 1. The maximum absolute atomic E-state index is 10.0. The summed E-state index contributed by atoms with van der Waals surface area (Å²) >= 11 is 5.89. The lowest BCUT2D eigenvalue weighted by atomic mass is 9.79. The van der Waals surface area contributed by atoms with Gasteiger partial charge in [-0.25, -0.2) is 0 Å². The van der Waals surface area contributed by atoms with E-state index in [4.69, 9.17) is 16.3 Å². The maximum Gasteiger partial charge on any atom is 0.142 e. The first kappa shape index (κ1) is 19.6. The molecule has 1 unspecified atom stereocenters. The maximum atomic E-state index is 10.0. The highest BCUT2D eigenvalue weighted by atomic mass is 35.5. The topological polar surface area (TPSA) is 45.1 Å². The van der Waals surface area contributed by atoms with E-state index in [1.54, 1.807) is 25.5 Å². The Morgan fingerprint density at radius 2 is 2.07 bits per heavy atom. The number of hydrogen-bond acceptors (Lipinski definition) is 4. The van der Waals surface area contributed by atoms with Gasteiger partial charge in [-0.3, -0.25) is 4.99 Å². The largest absolute Gasteiger partial charge is 0.506 e. The van der Waals surface area contributed by atoms with Crippen LogP contribution in [-0.2, 0) is 0 Å². The average molecular weight is 387 g/mol. The molecule has 5 heteroatoms. The summed E-state index contributed by atoms with van der Waals surface area (Å²) in [6, 6.07) is 9.17. The molecule has 0 aromatic heterocycles. The zero-order valence-electron chi connectivity index (χ0n) is 16.6. The minimum atomic E-state index is 0.0583. The van der Waals surface area contributed by atoms with Crippen LogP contribution in [0, 0.1) is 0 Å². The number of hydrogen-bond donors (Lipinski definition) is 1. The molecule has 144 valence electrons. The fourth-order valence-corrected chi connectivity index (χ4v) is 4.31. The van der Waals surface area contributed by atoms with E-state index < -0.39 is 0 Å². The molecule has 1 aliphatic heterocycles. The van der Waals surface area contributed by atoms with Gasteiger partial charge in [-0.05, 0) is 56.9 Å². The van der Waals surface area contributed by atoms with Crippen LogP contribution in [0.3, 0.4) is 0 Å². The summed E-state index contributed by atoms with van der Waals surface area (Å²) in [7, 11) is 1.67. The van der Waals surface area contributed by atoms with Crippen molar-refractivity contribution in [2.45, 2.75) is 45.6 Å². The Hall–Kier alpha value is -2.20. The second-order valence-electron chi connectivity index (χ2n) is 7.71. The molecular weight excluding hydrogens is 360 g/mol. The quantitative estimate of drug-likeness (QED) is 0.663. The zero-order chi connectivity index (χ0) is 19.8. The van der Waals surface area contributed by atoms with Gasteiger partial charge in [-0.2, -0.15) is 0 Å². The van der Waals surface area contributed by atoms with Crippen molar-refractivity contribution < 1.29 is 9.84 Å². The van der Waals surface area contributed by atoms with Crippen LogP contribution in [0.1, 0.15) is 51.2 Å². The number of phenols is 1. The molecule has 1 N–H and O–H groups in total. The first-order chi connectivity index (χ1) is 12.8. The summed E-state index contributed by atoms with van der Waals surface area (Å²) in [5.74, 6) is 1.28. The number of benzene rings is 2. The van der Waals surface area contributed by atoms with Crippen LogP contribution in [0.4, 0.5) is 11.4 Å². The van der Waals surface area contributed by atoms with Gasteiger partial charge in [0.05, 0.1) is 7.11 Å². The number of rotatable bonds is 4. The molecule has 0 aliphatic carbocycles. The second kappa shape index (κ2) is 7.43. The van der Waals surface area contributed by atoms with Crippen molar-refractivity contribution in [3.05, 3.63) is 46.5 Å². The predicted molar refractivity (Wildman–Crippen MR) is 113 cm³/mol. The molecule has 3 rings (SSSR count). The van der Waals surface area contributed by atoms with Gasteiger partial charge in [0.2, 0.25) is 0 Å². The summed E-state index contributed by atoms with van der Waals surface area (Å²) in [6.07, 6.45) is 2.83. The average Bonchev–Trinajstić information content (AvgIpc) is 2.60. The number of anilines is 1. The Kier molecular flexibility index (Phi) is 5.38. The van der Waals surface area contributed by atoms with Gasteiger partial charge in [-0.1, -0.05) is 18.5 Å². The van der Waals surface area contributed by atoms with E-state index in [9.17, 15) is 5.11 Å². The molecule has 0 fully saturated rings. The highest BCUT2D eigenvalue weighted by molar-refractivity contribution is 6.30. The van der Waals surface area contributed by atoms with Gasteiger partial charge >= 0.3 is 0 Å².